The van der Waals surface area contributed by atoms with Gasteiger partial charge in [-0.3, -0.25) is 9.69 Å². The Morgan fingerprint density at radius 1 is 1.15 bits per heavy atom. The van der Waals surface area contributed by atoms with Gasteiger partial charge in [0.05, 0.1) is 7.11 Å². The largest absolute Gasteiger partial charge is 0.497 e. The van der Waals surface area contributed by atoms with E-state index in [0.29, 0.717) is 11.6 Å². The highest BCUT2D eigenvalue weighted by Gasteiger charge is 2.29. The zero-order chi connectivity index (χ0) is 18.4. The third kappa shape index (κ3) is 4.33. The highest BCUT2D eigenvalue weighted by molar-refractivity contribution is 5.94. The van der Waals surface area contributed by atoms with Crippen LogP contribution in [-0.2, 0) is 6.54 Å². The Hall–Kier alpha value is -2.59. The Labute approximate surface area is 155 Å². The molecular formula is C22H26N2O2. The average molecular weight is 350 g/mol. The van der Waals surface area contributed by atoms with E-state index < -0.39 is 0 Å². The fourth-order valence-electron chi connectivity index (χ4n) is 3.44. The zero-order valence-electron chi connectivity index (χ0n) is 15.3. The normalized spacial score (nSPS) is 17.7. The summed E-state index contributed by atoms with van der Waals surface area (Å²) < 4.78 is 5.17. The van der Waals surface area contributed by atoms with E-state index in [-0.39, 0.29) is 5.91 Å². The number of carbonyl (C=O) groups is 1. The van der Waals surface area contributed by atoms with Crippen molar-refractivity contribution >= 4 is 5.91 Å². The maximum absolute atomic E-state index is 12.9. The van der Waals surface area contributed by atoms with Crippen molar-refractivity contribution in [2.24, 2.45) is 0 Å². The lowest BCUT2D eigenvalue weighted by Gasteiger charge is -2.41. The Morgan fingerprint density at radius 3 is 2.54 bits per heavy atom. The van der Waals surface area contributed by atoms with Gasteiger partial charge in [-0.1, -0.05) is 36.4 Å². The van der Waals surface area contributed by atoms with E-state index in [1.807, 2.05) is 41.3 Å². The molecule has 26 heavy (non-hydrogen) atoms. The van der Waals surface area contributed by atoms with Crippen LogP contribution in [0.4, 0.5) is 0 Å². The van der Waals surface area contributed by atoms with Crippen LogP contribution in [0.5, 0.6) is 5.75 Å². The molecule has 1 amide bonds. The van der Waals surface area contributed by atoms with Crippen molar-refractivity contribution in [2.75, 3.05) is 26.7 Å². The van der Waals surface area contributed by atoms with E-state index in [4.69, 9.17) is 4.74 Å². The van der Waals surface area contributed by atoms with Gasteiger partial charge in [0.1, 0.15) is 5.75 Å². The second-order valence-corrected chi connectivity index (χ2v) is 6.61. The first kappa shape index (κ1) is 18.2. The molecule has 1 aliphatic rings. The van der Waals surface area contributed by atoms with E-state index in [0.717, 1.165) is 38.3 Å². The van der Waals surface area contributed by atoms with E-state index in [1.54, 1.807) is 7.11 Å². The molecule has 0 unspecified atom stereocenters. The lowest BCUT2D eigenvalue weighted by Crippen LogP contribution is -2.54. The number of rotatable bonds is 6. The first-order valence-corrected chi connectivity index (χ1v) is 9.03. The Bertz CT molecular complexity index is 728. The van der Waals surface area contributed by atoms with Gasteiger partial charge < -0.3 is 9.64 Å². The van der Waals surface area contributed by atoms with Gasteiger partial charge >= 0.3 is 0 Å². The molecule has 0 aliphatic carbocycles. The van der Waals surface area contributed by atoms with Crippen LogP contribution in [0.1, 0.15) is 22.3 Å². The molecule has 1 fully saturated rings. The minimum Gasteiger partial charge on any atom is -0.497 e. The summed E-state index contributed by atoms with van der Waals surface area (Å²) in [4.78, 5) is 17.3. The SMILES string of the molecule is C=CC[C@H]1CN(C(=O)c2ccc(OC)cc2)CCN1Cc1ccccc1. The highest BCUT2D eigenvalue weighted by atomic mass is 16.5. The van der Waals surface area contributed by atoms with Gasteiger partial charge in [-0.15, -0.1) is 6.58 Å². The number of piperazine rings is 1. The highest BCUT2D eigenvalue weighted by Crippen LogP contribution is 2.20. The molecule has 4 heteroatoms. The van der Waals surface area contributed by atoms with Gasteiger partial charge in [0.25, 0.3) is 5.91 Å². The number of methoxy groups -OCH3 is 1. The van der Waals surface area contributed by atoms with Crippen molar-refractivity contribution in [2.45, 2.75) is 19.0 Å². The molecule has 4 nitrogen and oxygen atoms in total. The number of hydrogen-bond donors (Lipinski definition) is 0. The monoisotopic (exact) mass is 350 g/mol. The molecule has 0 N–H and O–H groups in total. The van der Waals surface area contributed by atoms with Crippen LogP contribution in [0.25, 0.3) is 0 Å². The molecule has 1 saturated heterocycles. The number of nitrogens with zero attached hydrogens (tertiary/aromatic N) is 2. The van der Waals surface area contributed by atoms with Crippen molar-refractivity contribution in [3.63, 3.8) is 0 Å². The smallest absolute Gasteiger partial charge is 0.253 e. The lowest BCUT2D eigenvalue weighted by atomic mass is 10.1. The van der Waals surface area contributed by atoms with Crippen LogP contribution in [0.15, 0.2) is 67.3 Å². The molecule has 2 aromatic carbocycles. The van der Waals surface area contributed by atoms with Gasteiger partial charge in [0.2, 0.25) is 0 Å². The molecule has 0 bridgehead atoms. The summed E-state index contributed by atoms with van der Waals surface area (Å²) in [6.07, 6.45) is 2.82. The second-order valence-electron chi connectivity index (χ2n) is 6.61. The summed E-state index contributed by atoms with van der Waals surface area (Å²) in [5.41, 5.74) is 2.01. The summed E-state index contributed by atoms with van der Waals surface area (Å²) in [7, 11) is 1.63. The first-order valence-electron chi connectivity index (χ1n) is 9.03. The summed E-state index contributed by atoms with van der Waals surface area (Å²) in [6.45, 7) is 7.14. The van der Waals surface area contributed by atoms with Gasteiger partial charge in [0.15, 0.2) is 0 Å². The Morgan fingerprint density at radius 2 is 1.88 bits per heavy atom. The number of hydrogen-bond acceptors (Lipinski definition) is 3. The van der Waals surface area contributed by atoms with Gasteiger partial charge in [-0.2, -0.15) is 0 Å². The molecule has 0 spiro atoms. The maximum Gasteiger partial charge on any atom is 0.253 e. The zero-order valence-corrected chi connectivity index (χ0v) is 15.3. The fourth-order valence-corrected chi connectivity index (χ4v) is 3.44. The van der Waals surface area contributed by atoms with Crippen molar-refractivity contribution in [1.29, 1.82) is 0 Å². The molecule has 0 saturated carbocycles. The second kappa shape index (κ2) is 8.68. The predicted molar refractivity (Wildman–Crippen MR) is 104 cm³/mol. The fraction of sp³-hybridized carbons (Fsp3) is 0.318. The van der Waals surface area contributed by atoms with Crippen molar-refractivity contribution < 1.29 is 9.53 Å². The number of ether oxygens (including phenoxy) is 1. The third-order valence-electron chi connectivity index (χ3n) is 4.90. The van der Waals surface area contributed by atoms with Gasteiger partial charge in [0, 0.05) is 37.8 Å². The van der Waals surface area contributed by atoms with E-state index in [1.165, 1.54) is 5.56 Å². The summed E-state index contributed by atoms with van der Waals surface area (Å²) in [6, 6.07) is 18.1. The minimum absolute atomic E-state index is 0.0843. The van der Waals surface area contributed by atoms with Gasteiger partial charge in [-0.25, -0.2) is 0 Å². The standard InChI is InChI=1S/C22H26N2O2/c1-3-7-20-17-24(22(25)19-10-12-21(26-2)13-11-19)15-14-23(20)16-18-8-5-4-6-9-18/h3-6,8-13,20H,1,7,14-17H2,2H3/t20-/m0/s1. The molecule has 0 radical (unpaired) electrons. The number of amides is 1. The van der Waals surface area contributed by atoms with E-state index in [9.17, 15) is 4.79 Å². The summed E-state index contributed by atoms with van der Waals surface area (Å²) in [5.74, 6) is 0.847. The molecular weight excluding hydrogens is 324 g/mol. The van der Waals surface area contributed by atoms with Crippen molar-refractivity contribution in [3.05, 3.63) is 78.4 Å². The van der Waals surface area contributed by atoms with Crippen LogP contribution >= 0.6 is 0 Å². The number of carbonyl (C=O) groups excluding carboxylic acids is 1. The molecule has 0 aromatic heterocycles. The minimum atomic E-state index is 0.0843. The van der Waals surface area contributed by atoms with Crippen LogP contribution < -0.4 is 4.74 Å². The number of benzene rings is 2. The van der Waals surface area contributed by atoms with Crippen LogP contribution in [0, 0.1) is 0 Å². The van der Waals surface area contributed by atoms with Gasteiger partial charge in [-0.05, 0) is 36.2 Å². The Kier molecular flexibility index (Phi) is 6.08. The summed E-state index contributed by atoms with van der Waals surface area (Å²) in [5, 5.41) is 0. The Balaban J connectivity index is 1.68. The molecule has 136 valence electrons. The van der Waals surface area contributed by atoms with E-state index in [2.05, 4.69) is 35.7 Å². The molecule has 2 aromatic rings. The van der Waals surface area contributed by atoms with Crippen LogP contribution in [0.3, 0.4) is 0 Å². The molecule has 1 atom stereocenters. The van der Waals surface area contributed by atoms with Crippen LogP contribution in [0.2, 0.25) is 0 Å². The first-order chi connectivity index (χ1) is 12.7. The lowest BCUT2D eigenvalue weighted by molar-refractivity contribution is 0.0465. The topological polar surface area (TPSA) is 32.8 Å². The van der Waals surface area contributed by atoms with Crippen molar-refractivity contribution in [1.82, 2.24) is 9.80 Å². The average Bonchev–Trinajstić information content (AvgIpc) is 2.70. The summed E-state index contributed by atoms with van der Waals surface area (Å²) >= 11 is 0. The maximum atomic E-state index is 12.9. The quantitative estimate of drug-likeness (QED) is 0.746. The molecule has 3 rings (SSSR count). The van der Waals surface area contributed by atoms with Crippen molar-refractivity contribution in [3.8, 4) is 5.75 Å². The van der Waals surface area contributed by atoms with Crippen LogP contribution in [-0.4, -0.2) is 48.5 Å². The van der Waals surface area contributed by atoms with E-state index >= 15 is 0 Å². The predicted octanol–water partition coefficient (Wildman–Crippen LogP) is 3.60. The molecule has 1 aliphatic heterocycles. The third-order valence-corrected chi connectivity index (χ3v) is 4.90. The molecule has 1 heterocycles.